The molecule has 1 aromatic carbocycles. The van der Waals surface area contributed by atoms with Crippen molar-refractivity contribution in [1.29, 1.82) is 0 Å². The molecule has 0 saturated carbocycles. The van der Waals surface area contributed by atoms with Crippen molar-refractivity contribution in [2.45, 2.75) is 39.5 Å². The van der Waals surface area contributed by atoms with Gasteiger partial charge in [0.25, 0.3) is 0 Å². The standard InChI is InChI=1S/C16H22N2O2/c1-3-12(2)16(20)17-13-7-6-8-14(11-13)18-10-5-4-9-15(18)19/h6-8,11-12H,3-5,9-10H2,1-2H3,(H,17,20)/t12-/m0/s1. The minimum absolute atomic E-state index is 0.00438. The minimum atomic E-state index is -0.00438. The third kappa shape index (κ3) is 3.38. The van der Waals surface area contributed by atoms with Crippen LogP contribution in [0.1, 0.15) is 39.5 Å². The Labute approximate surface area is 120 Å². The fraction of sp³-hybridized carbons (Fsp3) is 0.500. The first-order valence-electron chi connectivity index (χ1n) is 7.33. The zero-order chi connectivity index (χ0) is 14.5. The lowest BCUT2D eigenvalue weighted by atomic mass is 10.1. The van der Waals surface area contributed by atoms with Gasteiger partial charge in [0.2, 0.25) is 11.8 Å². The summed E-state index contributed by atoms with van der Waals surface area (Å²) in [5.41, 5.74) is 1.63. The van der Waals surface area contributed by atoms with Gasteiger partial charge >= 0.3 is 0 Å². The van der Waals surface area contributed by atoms with Crippen LogP contribution < -0.4 is 10.2 Å². The SMILES string of the molecule is CC[C@H](C)C(=O)Nc1cccc(N2CCCCC2=O)c1. The van der Waals surface area contributed by atoms with Crippen LogP contribution in [0.5, 0.6) is 0 Å². The number of nitrogens with zero attached hydrogens (tertiary/aromatic N) is 1. The van der Waals surface area contributed by atoms with Gasteiger partial charge in [-0.3, -0.25) is 9.59 Å². The molecule has 1 atom stereocenters. The second kappa shape index (κ2) is 6.55. The molecule has 4 heteroatoms. The van der Waals surface area contributed by atoms with E-state index >= 15 is 0 Å². The van der Waals surface area contributed by atoms with E-state index in [1.165, 1.54) is 0 Å². The van der Waals surface area contributed by atoms with Gasteiger partial charge in [0.05, 0.1) is 0 Å². The van der Waals surface area contributed by atoms with Gasteiger partial charge in [-0.25, -0.2) is 0 Å². The van der Waals surface area contributed by atoms with Gasteiger partial charge in [0, 0.05) is 30.3 Å². The predicted octanol–water partition coefficient (Wildman–Crippen LogP) is 3.19. The molecule has 1 N–H and O–H groups in total. The van der Waals surface area contributed by atoms with Crippen LogP contribution >= 0.6 is 0 Å². The number of piperidine rings is 1. The molecule has 0 aromatic heterocycles. The molecule has 2 amide bonds. The number of hydrogen-bond donors (Lipinski definition) is 1. The Morgan fingerprint density at radius 3 is 2.90 bits per heavy atom. The first kappa shape index (κ1) is 14.6. The van der Waals surface area contributed by atoms with E-state index in [9.17, 15) is 9.59 Å². The summed E-state index contributed by atoms with van der Waals surface area (Å²) in [5.74, 6) is 0.187. The number of amides is 2. The number of nitrogens with one attached hydrogen (secondary N) is 1. The highest BCUT2D eigenvalue weighted by Gasteiger charge is 2.20. The Morgan fingerprint density at radius 2 is 2.20 bits per heavy atom. The van der Waals surface area contributed by atoms with Crippen LogP contribution in [0.15, 0.2) is 24.3 Å². The summed E-state index contributed by atoms with van der Waals surface area (Å²) < 4.78 is 0. The van der Waals surface area contributed by atoms with Crippen molar-refractivity contribution in [2.75, 3.05) is 16.8 Å². The second-order valence-electron chi connectivity index (χ2n) is 5.35. The molecule has 1 heterocycles. The lowest BCUT2D eigenvalue weighted by molar-refractivity contribution is -0.120. The Bertz CT molecular complexity index is 499. The normalized spacial score (nSPS) is 16.9. The summed E-state index contributed by atoms with van der Waals surface area (Å²) >= 11 is 0. The van der Waals surface area contributed by atoms with Gasteiger partial charge in [0.1, 0.15) is 0 Å². The van der Waals surface area contributed by atoms with Crippen LogP contribution in [0, 0.1) is 5.92 Å². The molecule has 0 unspecified atom stereocenters. The number of rotatable bonds is 4. The molecule has 108 valence electrons. The molecule has 0 radical (unpaired) electrons. The molecule has 2 rings (SSSR count). The quantitative estimate of drug-likeness (QED) is 0.916. The van der Waals surface area contributed by atoms with Crippen LogP contribution in [0.25, 0.3) is 0 Å². The van der Waals surface area contributed by atoms with Crippen LogP contribution in [0.3, 0.4) is 0 Å². The van der Waals surface area contributed by atoms with Crippen molar-refractivity contribution in [1.82, 2.24) is 0 Å². The van der Waals surface area contributed by atoms with Gasteiger partial charge in [-0.05, 0) is 37.5 Å². The van der Waals surface area contributed by atoms with Crippen LogP contribution in [-0.2, 0) is 9.59 Å². The zero-order valence-electron chi connectivity index (χ0n) is 12.2. The number of carbonyl (C=O) groups is 2. The first-order chi connectivity index (χ1) is 9.61. The van der Waals surface area contributed by atoms with Crippen molar-refractivity contribution >= 4 is 23.2 Å². The third-order valence-corrected chi connectivity index (χ3v) is 3.81. The lowest BCUT2D eigenvalue weighted by Crippen LogP contribution is -2.35. The highest BCUT2D eigenvalue weighted by atomic mass is 16.2. The molecule has 0 spiro atoms. The average Bonchev–Trinajstić information content (AvgIpc) is 2.47. The van der Waals surface area contributed by atoms with Crippen molar-refractivity contribution in [3.8, 4) is 0 Å². The summed E-state index contributed by atoms with van der Waals surface area (Å²) in [6.07, 6.45) is 3.44. The first-order valence-corrected chi connectivity index (χ1v) is 7.33. The molecule has 0 bridgehead atoms. The zero-order valence-corrected chi connectivity index (χ0v) is 12.2. The van der Waals surface area contributed by atoms with E-state index in [1.807, 2.05) is 43.0 Å². The van der Waals surface area contributed by atoms with E-state index in [0.717, 1.165) is 37.2 Å². The fourth-order valence-corrected chi connectivity index (χ4v) is 2.28. The van der Waals surface area contributed by atoms with Crippen molar-refractivity contribution in [3.63, 3.8) is 0 Å². The summed E-state index contributed by atoms with van der Waals surface area (Å²) in [6, 6.07) is 7.53. The predicted molar refractivity (Wildman–Crippen MR) is 80.7 cm³/mol. The molecular formula is C16H22N2O2. The minimum Gasteiger partial charge on any atom is -0.326 e. The fourth-order valence-electron chi connectivity index (χ4n) is 2.28. The molecule has 1 aliphatic rings. The number of carbonyl (C=O) groups excluding carboxylic acids is 2. The van der Waals surface area contributed by atoms with E-state index in [2.05, 4.69) is 5.32 Å². The number of benzene rings is 1. The summed E-state index contributed by atoms with van der Waals surface area (Å²) in [6.45, 7) is 4.67. The second-order valence-corrected chi connectivity index (χ2v) is 5.35. The average molecular weight is 274 g/mol. The molecule has 0 aliphatic carbocycles. The van der Waals surface area contributed by atoms with Crippen molar-refractivity contribution in [2.24, 2.45) is 5.92 Å². The van der Waals surface area contributed by atoms with Crippen LogP contribution in [0.2, 0.25) is 0 Å². The summed E-state index contributed by atoms with van der Waals surface area (Å²) in [4.78, 5) is 25.6. The number of hydrogen-bond acceptors (Lipinski definition) is 2. The smallest absolute Gasteiger partial charge is 0.227 e. The molecular weight excluding hydrogens is 252 g/mol. The van der Waals surface area contributed by atoms with Crippen molar-refractivity contribution < 1.29 is 9.59 Å². The Morgan fingerprint density at radius 1 is 1.40 bits per heavy atom. The van der Waals surface area contributed by atoms with E-state index in [-0.39, 0.29) is 17.7 Å². The summed E-state index contributed by atoms with van der Waals surface area (Å²) in [7, 11) is 0. The van der Waals surface area contributed by atoms with Gasteiger partial charge in [-0.15, -0.1) is 0 Å². The van der Waals surface area contributed by atoms with Crippen molar-refractivity contribution in [3.05, 3.63) is 24.3 Å². The van der Waals surface area contributed by atoms with Crippen LogP contribution in [0.4, 0.5) is 11.4 Å². The molecule has 4 nitrogen and oxygen atoms in total. The Balaban J connectivity index is 2.11. The van der Waals surface area contributed by atoms with Gasteiger partial charge in [-0.1, -0.05) is 19.9 Å². The highest BCUT2D eigenvalue weighted by molar-refractivity contribution is 5.96. The van der Waals surface area contributed by atoms with E-state index in [1.54, 1.807) is 0 Å². The molecule has 1 aliphatic heterocycles. The maximum Gasteiger partial charge on any atom is 0.227 e. The molecule has 1 saturated heterocycles. The van der Waals surface area contributed by atoms with E-state index in [4.69, 9.17) is 0 Å². The Kier molecular flexibility index (Phi) is 4.77. The van der Waals surface area contributed by atoms with Gasteiger partial charge < -0.3 is 10.2 Å². The van der Waals surface area contributed by atoms with Gasteiger partial charge in [0.15, 0.2) is 0 Å². The monoisotopic (exact) mass is 274 g/mol. The lowest BCUT2D eigenvalue weighted by Gasteiger charge is -2.27. The third-order valence-electron chi connectivity index (χ3n) is 3.81. The summed E-state index contributed by atoms with van der Waals surface area (Å²) in [5, 5.41) is 2.91. The number of anilines is 2. The highest BCUT2D eigenvalue weighted by Crippen LogP contribution is 2.24. The van der Waals surface area contributed by atoms with E-state index in [0.29, 0.717) is 6.42 Å². The maximum atomic E-state index is 11.9. The Hall–Kier alpha value is -1.84. The van der Waals surface area contributed by atoms with Crippen LogP contribution in [-0.4, -0.2) is 18.4 Å². The molecule has 1 fully saturated rings. The molecule has 1 aromatic rings. The largest absolute Gasteiger partial charge is 0.326 e. The van der Waals surface area contributed by atoms with Gasteiger partial charge in [-0.2, -0.15) is 0 Å². The topological polar surface area (TPSA) is 49.4 Å². The van der Waals surface area contributed by atoms with E-state index < -0.39 is 0 Å². The maximum absolute atomic E-state index is 11.9. The molecule has 20 heavy (non-hydrogen) atoms.